The molecule has 0 aliphatic carbocycles. The zero-order chi connectivity index (χ0) is 15.2. The Balaban J connectivity index is 2.97. The van der Waals surface area contributed by atoms with Crippen LogP contribution in [0.4, 0.5) is 4.39 Å². The minimum atomic E-state index is -3.71. The van der Waals surface area contributed by atoms with Crippen molar-refractivity contribution in [3.8, 4) is 0 Å². The molecule has 0 aliphatic rings. The molecule has 1 rings (SSSR count). The Labute approximate surface area is 119 Å². The van der Waals surface area contributed by atoms with E-state index in [1.165, 1.54) is 19.2 Å². The van der Waals surface area contributed by atoms with Crippen LogP contribution in [0.5, 0.6) is 0 Å². The number of methoxy groups -OCH3 is 1. The quantitative estimate of drug-likeness (QED) is 0.760. The highest BCUT2D eigenvalue weighted by Gasteiger charge is 2.20. The second-order valence-electron chi connectivity index (χ2n) is 4.52. The lowest BCUT2D eigenvalue weighted by Crippen LogP contribution is -2.37. The van der Waals surface area contributed by atoms with Gasteiger partial charge in [0.2, 0.25) is 10.0 Å². The van der Waals surface area contributed by atoms with E-state index in [9.17, 15) is 12.8 Å². The first-order valence-electron chi connectivity index (χ1n) is 6.44. The van der Waals surface area contributed by atoms with Gasteiger partial charge in [0.05, 0.1) is 11.5 Å². The normalized spacial score (nSPS) is 13.4. The van der Waals surface area contributed by atoms with Crippen molar-refractivity contribution in [2.45, 2.75) is 37.2 Å². The molecule has 0 saturated heterocycles. The van der Waals surface area contributed by atoms with Crippen LogP contribution in [0.15, 0.2) is 23.1 Å². The number of halogens is 1. The minimum Gasteiger partial charge on any atom is -0.383 e. The molecule has 0 aromatic heterocycles. The maximum atomic E-state index is 13.3. The van der Waals surface area contributed by atoms with E-state index >= 15 is 0 Å². The van der Waals surface area contributed by atoms with Gasteiger partial charge in [0.1, 0.15) is 5.82 Å². The number of sulfonamides is 1. The molecule has 20 heavy (non-hydrogen) atoms. The molecule has 5 nitrogen and oxygen atoms in total. The highest BCUT2D eigenvalue weighted by atomic mass is 32.2. The average molecular weight is 304 g/mol. The van der Waals surface area contributed by atoms with Gasteiger partial charge in [-0.1, -0.05) is 13.3 Å². The first-order valence-corrected chi connectivity index (χ1v) is 7.92. The lowest BCUT2D eigenvalue weighted by molar-refractivity contribution is 0.171. The van der Waals surface area contributed by atoms with Gasteiger partial charge >= 0.3 is 0 Å². The molecule has 7 heteroatoms. The van der Waals surface area contributed by atoms with E-state index in [1.54, 1.807) is 0 Å². The predicted molar refractivity (Wildman–Crippen MR) is 75.2 cm³/mol. The van der Waals surface area contributed by atoms with Crippen LogP contribution in [0, 0.1) is 5.82 Å². The number of benzene rings is 1. The van der Waals surface area contributed by atoms with Gasteiger partial charge in [0, 0.05) is 25.3 Å². The van der Waals surface area contributed by atoms with Gasteiger partial charge in [-0.15, -0.1) is 0 Å². The second kappa shape index (κ2) is 7.68. The topological polar surface area (TPSA) is 81.4 Å². The molecule has 1 aromatic carbocycles. The Morgan fingerprint density at radius 1 is 1.45 bits per heavy atom. The third-order valence-electron chi connectivity index (χ3n) is 2.87. The summed E-state index contributed by atoms with van der Waals surface area (Å²) in [6.45, 7) is 2.20. The molecule has 1 unspecified atom stereocenters. The molecule has 0 saturated carbocycles. The van der Waals surface area contributed by atoms with E-state index in [0.717, 1.165) is 12.5 Å². The fraction of sp³-hybridized carbons (Fsp3) is 0.538. The van der Waals surface area contributed by atoms with Crippen molar-refractivity contribution >= 4 is 10.0 Å². The highest BCUT2D eigenvalue weighted by molar-refractivity contribution is 7.89. The SMILES string of the molecule is CCCC(COC)NS(=O)(=O)c1ccc(F)c(CN)c1. The molecule has 0 radical (unpaired) electrons. The molecule has 0 aliphatic heterocycles. The molecule has 0 bridgehead atoms. The van der Waals surface area contributed by atoms with Crippen LogP contribution in [-0.2, 0) is 21.3 Å². The number of hydrogen-bond acceptors (Lipinski definition) is 4. The van der Waals surface area contributed by atoms with Crippen molar-refractivity contribution in [3.63, 3.8) is 0 Å². The van der Waals surface area contributed by atoms with Crippen molar-refractivity contribution in [1.29, 1.82) is 0 Å². The zero-order valence-electron chi connectivity index (χ0n) is 11.7. The van der Waals surface area contributed by atoms with E-state index in [1.807, 2.05) is 6.92 Å². The van der Waals surface area contributed by atoms with Crippen molar-refractivity contribution in [1.82, 2.24) is 4.72 Å². The zero-order valence-corrected chi connectivity index (χ0v) is 12.5. The lowest BCUT2D eigenvalue weighted by Gasteiger charge is -2.17. The van der Waals surface area contributed by atoms with Gasteiger partial charge in [-0.2, -0.15) is 0 Å². The van der Waals surface area contributed by atoms with Crippen LogP contribution in [0.2, 0.25) is 0 Å². The number of rotatable bonds is 8. The monoisotopic (exact) mass is 304 g/mol. The molecule has 0 heterocycles. The second-order valence-corrected chi connectivity index (χ2v) is 6.23. The minimum absolute atomic E-state index is 0.0107. The van der Waals surface area contributed by atoms with E-state index in [2.05, 4.69) is 4.72 Å². The Bertz CT molecular complexity index is 528. The Morgan fingerprint density at radius 3 is 2.70 bits per heavy atom. The Morgan fingerprint density at radius 2 is 2.15 bits per heavy atom. The van der Waals surface area contributed by atoms with Crippen LogP contribution < -0.4 is 10.5 Å². The van der Waals surface area contributed by atoms with E-state index in [-0.39, 0.29) is 29.7 Å². The van der Waals surface area contributed by atoms with E-state index in [4.69, 9.17) is 10.5 Å². The summed E-state index contributed by atoms with van der Waals surface area (Å²) in [6, 6.07) is 3.29. The molecular weight excluding hydrogens is 283 g/mol. The Hall–Kier alpha value is -1.02. The standard InChI is InChI=1S/C13H21FN2O3S/c1-3-4-11(9-19-2)16-20(17,18)12-5-6-13(14)10(7-12)8-15/h5-7,11,16H,3-4,8-9,15H2,1-2H3. The molecule has 0 amide bonds. The smallest absolute Gasteiger partial charge is 0.240 e. The van der Waals surface area contributed by atoms with Crippen LogP contribution in [0.3, 0.4) is 0 Å². The number of hydrogen-bond donors (Lipinski definition) is 2. The summed E-state index contributed by atoms with van der Waals surface area (Å²) >= 11 is 0. The van der Waals surface area contributed by atoms with Gasteiger partial charge in [0.25, 0.3) is 0 Å². The fourth-order valence-electron chi connectivity index (χ4n) is 1.89. The molecule has 3 N–H and O–H groups in total. The summed E-state index contributed by atoms with van der Waals surface area (Å²) in [5.41, 5.74) is 5.56. The highest BCUT2D eigenvalue weighted by Crippen LogP contribution is 2.15. The largest absolute Gasteiger partial charge is 0.383 e. The maximum absolute atomic E-state index is 13.3. The van der Waals surface area contributed by atoms with E-state index in [0.29, 0.717) is 6.42 Å². The molecule has 0 spiro atoms. The molecule has 114 valence electrons. The van der Waals surface area contributed by atoms with Gasteiger partial charge < -0.3 is 10.5 Å². The van der Waals surface area contributed by atoms with Crippen molar-refractivity contribution in [2.24, 2.45) is 5.73 Å². The summed E-state index contributed by atoms with van der Waals surface area (Å²) in [7, 11) is -2.19. The predicted octanol–water partition coefficient (Wildman–Crippen LogP) is 1.38. The Kier molecular flexibility index (Phi) is 6.54. The van der Waals surface area contributed by atoms with Crippen LogP contribution in [0.25, 0.3) is 0 Å². The lowest BCUT2D eigenvalue weighted by atomic mass is 10.2. The van der Waals surface area contributed by atoms with E-state index < -0.39 is 15.8 Å². The molecule has 1 atom stereocenters. The fourth-order valence-corrected chi connectivity index (χ4v) is 3.19. The number of nitrogens with one attached hydrogen (secondary N) is 1. The number of nitrogens with two attached hydrogens (primary N) is 1. The summed E-state index contributed by atoms with van der Waals surface area (Å²) < 4.78 is 45.4. The molecule has 1 aromatic rings. The first-order chi connectivity index (χ1) is 9.44. The van der Waals surface area contributed by atoms with Gasteiger partial charge in [0.15, 0.2) is 0 Å². The van der Waals surface area contributed by atoms with Crippen molar-refractivity contribution in [3.05, 3.63) is 29.6 Å². The third kappa shape index (κ3) is 4.52. The third-order valence-corrected chi connectivity index (χ3v) is 4.39. The van der Waals surface area contributed by atoms with Crippen LogP contribution >= 0.6 is 0 Å². The summed E-state index contributed by atoms with van der Waals surface area (Å²) in [4.78, 5) is 0.0107. The first kappa shape index (κ1) is 17.0. The molecule has 0 fully saturated rings. The van der Waals surface area contributed by atoms with Gasteiger partial charge in [-0.3, -0.25) is 0 Å². The summed E-state index contributed by atoms with van der Waals surface area (Å²) in [5, 5.41) is 0. The molecular formula is C13H21FN2O3S. The van der Waals surface area contributed by atoms with Crippen molar-refractivity contribution < 1.29 is 17.5 Å². The average Bonchev–Trinajstić information content (AvgIpc) is 2.39. The van der Waals surface area contributed by atoms with Gasteiger partial charge in [-0.05, 0) is 24.6 Å². The van der Waals surface area contributed by atoms with Crippen molar-refractivity contribution in [2.75, 3.05) is 13.7 Å². The van der Waals surface area contributed by atoms with Crippen LogP contribution in [-0.4, -0.2) is 28.2 Å². The van der Waals surface area contributed by atoms with Crippen LogP contribution in [0.1, 0.15) is 25.3 Å². The summed E-state index contributed by atoms with van der Waals surface area (Å²) in [5.74, 6) is -0.506. The number of ether oxygens (including phenoxy) is 1. The summed E-state index contributed by atoms with van der Waals surface area (Å²) in [6.07, 6.45) is 1.49. The maximum Gasteiger partial charge on any atom is 0.240 e. The van der Waals surface area contributed by atoms with Gasteiger partial charge in [-0.25, -0.2) is 17.5 Å².